The average Bonchev–Trinajstić information content (AvgIpc) is 2.81. The quantitative estimate of drug-likeness (QED) is 0.514. The summed E-state index contributed by atoms with van der Waals surface area (Å²) in [4.78, 5) is 25.5. The molecule has 0 fully saturated rings. The molecule has 0 spiro atoms. The summed E-state index contributed by atoms with van der Waals surface area (Å²) in [6.45, 7) is 0. The number of nitro groups is 1. The fourth-order valence-corrected chi connectivity index (χ4v) is 2.01. The highest BCUT2D eigenvalue weighted by Gasteiger charge is 2.14. The molecule has 1 amide bonds. The minimum absolute atomic E-state index is 0.144. The van der Waals surface area contributed by atoms with E-state index in [0.29, 0.717) is 10.6 Å². The Bertz CT molecular complexity index is 658. The molecule has 0 unspecified atom stereocenters. The summed E-state index contributed by atoms with van der Waals surface area (Å²) in [5, 5.41) is 13.3. The van der Waals surface area contributed by atoms with Gasteiger partial charge in [0.1, 0.15) is 6.20 Å². The highest BCUT2D eigenvalue weighted by molar-refractivity contribution is 7.18. The summed E-state index contributed by atoms with van der Waals surface area (Å²) in [7, 11) is 0. The van der Waals surface area contributed by atoms with E-state index in [4.69, 9.17) is 17.3 Å². The largest absolute Gasteiger partial charge is 0.398 e. The summed E-state index contributed by atoms with van der Waals surface area (Å²) in [5.41, 5.74) is 6.15. The molecule has 0 radical (unpaired) electrons. The van der Waals surface area contributed by atoms with E-state index in [0.717, 1.165) is 17.5 Å². The van der Waals surface area contributed by atoms with Gasteiger partial charge in [-0.3, -0.25) is 20.2 Å². The number of hydrogen-bond acceptors (Lipinski definition) is 6. The van der Waals surface area contributed by atoms with E-state index in [-0.39, 0.29) is 15.8 Å². The smallest absolute Gasteiger partial charge is 0.345 e. The van der Waals surface area contributed by atoms with Crippen molar-refractivity contribution >= 4 is 44.7 Å². The van der Waals surface area contributed by atoms with Gasteiger partial charge >= 0.3 is 5.00 Å². The number of aromatic nitrogens is 1. The molecule has 9 heteroatoms. The SMILES string of the molecule is Nc1cc(C(=O)Nc2ncc([N+](=O)[O-])s2)ccc1Cl. The van der Waals surface area contributed by atoms with E-state index in [9.17, 15) is 14.9 Å². The summed E-state index contributed by atoms with van der Waals surface area (Å²) in [6.07, 6.45) is 1.08. The van der Waals surface area contributed by atoms with Gasteiger partial charge < -0.3 is 5.73 Å². The maximum absolute atomic E-state index is 11.8. The van der Waals surface area contributed by atoms with Crippen LogP contribution in [-0.4, -0.2) is 15.8 Å². The Morgan fingerprint density at radius 1 is 1.53 bits per heavy atom. The zero-order valence-electron chi connectivity index (χ0n) is 9.29. The zero-order valence-corrected chi connectivity index (χ0v) is 10.9. The third kappa shape index (κ3) is 2.98. The molecular formula is C10H7ClN4O3S. The van der Waals surface area contributed by atoms with E-state index < -0.39 is 10.8 Å². The van der Waals surface area contributed by atoms with Crippen molar-refractivity contribution in [1.82, 2.24) is 4.98 Å². The van der Waals surface area contributed by atoms with Gasteiger partial charge in [-0.15, -0.1) is 0 Å². The van der Waals surface area contributed by atoms with Gasteiger partial charge in [0.2, 0.25) is 0 Å². The van der Waals surface area contributed by atoms with Crippen molar-refractivity contribution in [1.29, 1.82) is 0 Å². The summed E-state index contributed by atoms with van der Waals surface area (Å²) in [6, 6.07) is 4.41. The van der Waals surface area contributed by atoms with E-state index >= 15 is 0 Å². The second-order valence-electron chi connectivity index (χ2n) is 3.45. The standard InChI is InChI=1S/C10H7ClN4O3S/c11-6-2-1-5(3-7(6)12)9(16)14-10-13-4-8(19-10)15(17)18/h1-4H,12H2,(H,13,14,16). The lowest BCUT2D eigenvalue weighted by Crippen LogP contribution is -2.11. The maximum atomic E-state index is 11.8. The fourth-order valence-electron chi connectivity index (χ4n) is 1.26. The lowest BCUT2D eigenvalue weighted by atomic mass is 10.2. The monoisotopic (exact) mass is 298 g/mol. The van der Waals surface area contributed by atoms with Gasteiger partial charge in [0, 0.05) is 5.56 Å². The van der Waals surface area contributed by atoms with Gasteiger partial charge in [-0.25, -0.2) is 4.98 Å². The van der Waals surface area contributed by atoms with E-state index in [1.54, 1.807) is 0 Å². The number of carbonyl (C=O) groups excluding carboxylic acids is 1. The molecule has 1 aromatic carbocycles. The normalized spacial score (nSPS) is 10.2. The summed E-state index contributed by atoms with van der Waals surface area (Å²) >= 11 is 6.51. The van der Waals surface area contributed by atoms with E-state index in [1.807, 2.05) is 0 Å². The predicted molar refractivity (Wildman–Crippen MR) is 72.6 cm³/mol. The second-order valence-corrected chi connectivity index (χ2v) is 4.87. The van der Waals surface area contributed by atoms with Crippen LogP contribution in [0.25, 0.3) is 0 Å². The first-order chi connectivity index (χ1) is 8.97. The molecule has 1 heterocycles. The summed E-state index contributed by atoms with van der Waals surface area (Å²) < 4.78 is 0. The van der Waals surface area contributed by atoms with Crippen molar-refractivity contribution in [3.63, 3.8) is 0 Å². The van der Waals surface area contributed by atoms with Crippen molar-refractivity contribution in [2.45, 2.75) is 0 Å². The number of nitrogens with one attached hydrogen (secondary N) is 1. The molecule has 2 aromatic rings. The molecule has 0 aliphatic heterocycles. The number of anilines is 2. The lowest BCUT2D eigenvalue weighted by molar-refractivity contribution is -0.380. The van der Waals surface area contributed by atoms with Crippen molar-refractivity contribution < 1.29 is 9.72 Å². The minimum atomic E-state index is -0.576. The van der Waals surface area contributed by atoms with Crippen LogP contribution in [0.3, 0.4) is 0 Å². The first-order valence-corrected chi connectivity index (χ1v) is 6.13. The second kappa shape index (κ2) is 5.21. The highest BCUT2D eigenvalue weighted by atomic mass is 35.5. The van der Waals surface area contributed by atoms with Crippen molar-refractivity contribution in [3.05, 3.63) is 45.1 Å². The van der Waals surface area contributed by atoms with Crippen molar-refractivity contribution in [2.75, 3.05) is 11.1 Å². The number of amides is 1. The molecule has 0 saturated carbocycles. The molecule has 0 saturated heterocycles. The van der Waals surface area contributed by atoms with Crippen molar-refractivity contribution in [2.24, 2.45) is 0 Å². The van der Waals surface area contributed by atoms with Gasteiger partial charge in [0.25, 0.3) is 5.91 Å². The summed E-state index contributed by atoms with van der Waals surface area (Å²) in [5.74, 6) is -0.465. The number of rotatable bonds is 3. The van der Waals surface area contributed by atoms with Gasteiger partial charge in [0.15, 0.2) is 5.13 Å². The molecular weight excluding hydrogens is 292 g/mol. The Kier molecular flexibility index (Phi) is 3.63. The molecule has 0 aliphatic carbocycles. The number of nitrogens with zero attached hydrogens (tertiary/aromatic N) is 2. The van der Waals surface area contributed by atoms with E-state index in [1.165, 1.54) is 18.2 Å². The number of nitrogen functional groups attached to an aromatic ring is 1. The van der Waals surface area contributed by atoms with Crippen LogP contribution in [-0.2, 0) is 0 Å². The van der Waals surface area contributed by atoms with Crippen LogP contribution < -0.4 is 11.1 Å². The Balaban J connectivity index is 2.15. The molecule has 1 aromatic heterocycles. The molecule has 7 nitrogen and oxygen atoms in total. The average molecular weight is 299 g/mol. The van der Waals surface area contributed by atoms with Crippen LogP contribution in [0.4, 0.5) is 15.8 Å². The highest BCUT2D eigenvalue weighted by Crippen LogP contribution is 2.26. The lowest BCUT2D eigenvalue weighted by Gasteiger charge is -2.03. The van der Waals surface area contributed by atoms with Crippen LogP contribution in [0.2, 0.25) is 5.02 Å². The third-order valence-corrected chi connectivity index (χ3v) is 3.36. The number of carbonyl (C=O) groups is 1. The maximum Gasteiger partial charge on any atom is 0.345 e. The van der Waals surface area contributed by atoms with Gasteiger partial charge in [-0.2, -0.15) is 0 Å². The minimum Gasteiger partial charge on any atom is -0.398 e. The van der Waals surface area contributed by atoms with Crippen molar-refractivity contribution in [3.8, 4) is 0 Å². The zero-order chi connectivity index (χ0) is 14.0. The van der Waals surface area contributed by atoms with Gasteiger partial charge in [0.05, 0.1) is 15.6 Å². The molecule has 0 aliphatic rings. The Labute approximate surface area is 116 Å². The van der Waals surface area contributed by atoms with Gasteiger partial charge in [-0.1, -0.05) is 11.6 Å². The number of thiazole rings is 1. The van der Waals surface area contributed by atoms with Crippen LogP contribution in [0, 0.1) is 10.1 Å². The number of benzene rings is 1. The van der Waals surface area contributed by atoms with Crippen LogP contribution in [0.15, 0.2) is 24.4 Å². The Morgan fingerprint density at radius 2 is 2.26 bits per heavy atom. The molecule has 19 heavy (non-hydrogen) atoms. The molecule has 3 N–H and O–H groups in total. The third-order valence-electron chi connectivity index (χ3n) is 2.15. The topological polar surface area (TPSA) is 111 Å². The predicted octanol–water partition coefficient (Wildman–Crippen LogP) is 2.54. The first kappa shape index (κ1) is 13.2. The Hall–Kier alpha value is -2.19. The van der Waals surface area contributed by atoms with Crippen LogP contribution in [0.1, 0.15) is 10.4 Å². The fraction of sp³-hybridized carbons (Fsp3) is 0. The van der Waals surface area contributed by atoms with Crippen LogP contribution >= 0.6 is 22.9 Å². The first-order valence-electron chi connectivity index (χ1n) is 4.94. The molecule has 98 valence electrons. The van der Waals surface area contributed by atoms with Crippen LogP contribution in [0.5, 0.6) is 0 Å². The van der Waals surface area contributed by atoms with Gasteiger partial charge in [-0.05, 0) is 29.5 Å². The number of hydrogen-bond donors (Lipinski definition) is 2. The number of halogens is 1. The Morgan fingerprint density at radius 3 is 2.84 bits per heavy atom. The number of nitrogens with two attached hydrogens (primary N) is 1. The van der Waals surface area contributed by atoms with E-state index in [2.05, 4.69) is 10.3 Å². The molecule has 0 bridgehead atoms. The molecule has 2 rings (SSSR count). The molecule has 0 atom stereocenters.